The van der Waals surface area contributed by atoms with Crippen molar-refractivity contribution in [1.82, 2.24) is 0 Å². The third-order valence-corrected chi connectivity index (χ3v) is 7.48. The Morgan fingerprint density at radius 2 is 0.929 bits per heavy atom. The number of hydrogen-bond donors (Lipinski definition) is 0. The minimum absolute atomic E-state index is 0.405. The normalized spacial score (nSPS) is 12.4. The van der Waals surface area contributed by atoms with E-state index in [-0.39, 0.29) is 0 Å². The third-order valence-electron chi connectivity index (χ3n) is 7.48. The lowest BCUT2D eigenvalue weighted by molar-refractivity contribution is 0.121. The molecule has 0 aromatic heterocycles. The van der Waals surface area contributed by atoms with Crippen molar-refractivity contribution < 1.29 is 23.7 Å². The predicted molar refractivity (Wildman–Crippen MR) is 168 cm³/mol. The van der Waals surface area contributed by atoms with E-state index in [1.165, 1.54) is 11.1 Å². The van der Waals surface area contributed by atoms with Crippen LogP contribution < -0.4 is 9.47 Å². The summed E-state index contributed by atoms with van der Waals surface area (Å²) in [6.45, 7) is 7.06. The zero-order valence-corrected chi connectivity index (χ0v) is 24.7. The van der Waals surface area contributed by atoms with Gasteiger partial charge in [-0.1, -0.05) is 98.8 Å². The Labute approximate surface area is 250 Å². The Bertz CT molecular complexity index is 1200. The number of ether oxygens (including phenoxy) is 4. The maximum Gasteiger partial charge on any atom is 0.519 e. The molecule has 0 amide bonds. The molecule has 0 bridgehead atoms. The number of hydrogen-bond acceptors (Lipinski definition) is 5. The van der Waals surface area contributed by atoms with E-state index in [1.807, 2.05) is 36.4 Å². The van der Waals surface area contributed by atoms with Crippen LogP contribution in [0, 0.1) is 0 Å². The SMILES string of the molecule is CCC(COCCc1ccc(OC(=O)Oc2ccc(CCOCC(CC)c3ccccc3)cc2)cc1)c1ccccc1. The van der Waals surface area contributed by atoms with Crippen molar-refractivity contribution in [3.8, 4) is 11.5 Å². The van der Waals surface area contributed by atoms with Crippen LogP contribution >= 0.6 is 0 Å². The van der Waals surface area contributed by atoms with E-state index in [1.54, 1.807) is 24.3 Å². The molecule has 4 rings (SSSR count). The highest BCUT2D eigenvalue weighted by molar-refractivity contribution is 5.67. The average molecular weight is 567 g/mol. The van der Waals surface area contributed by atoms with E-state index in [4.69, 9.17) is 18.9 Å². The number of carbonyl (C=O) groups excluding carboxylic acids is 1. The smallest absolute Gasteiger partial charge is 0.395 e. The Kier molecular flexibility index (Phi) is 12.6. The van der Waals surface area contributed by atoms with E-state index >= 15 is 0 Å². The summed E-state index contributed by atoms with van der Waals surface area (Å²) in [5.74, 6) is 1.69. The molecule has 0 radical (unpaired) electrons. The quantitative estimate of drug-likeness (QED) is 0.0771. The van der Waals surface area contributed by atoms with Crippen molar-refractivity contribution >= 4 is 6.16 Å². The van der Waals surface area contributed by atoms with Crippen LogP contribution in [-0.4, -0.2) is 32.6 Å². The minimum atomic E-state index is -0.764. The van der Waals surface area contributed by atoms with E-state index in [9.17, 15) is 4.79 Å². The maximum atomic E-state index is 12.3. The van der Waals surface area contributed by atoms with E-state index in [2.05, 4.69) is 62.4 Å². The summed E-state index contributed by atoms with van der Waals surface area (Å²) in [6.07, 6.45) is 2.90. The predicted octanol–water partition coefficient (Wildman–Crippen LogP) is 8.77. The third kappa shape index (κ3) is 10.2. The molecule has 0 aliphatic heterocycles. The van der Waals surface area contributed by atoms with Crippen LogP contribution in [0.1, 0.15) is 60.8 Å². The summed E-state index contributed by atoms with van der Waals surface area (Å²) in [5, 5.41) is 0. The van der Waals surface area contributed by atoms with Crippen molar-refractivity contribution in [1.29, 1.82) is 0 Å². The second kappa shape index (κ2) is 17.1. The maximum absolute atomic E-state index is 12.3. The molecule has 0 heterocycles. The highest BCUT2D eigenvalue weighted by atomic mass is 16.7. The molecule has 0 saturated heterocycles. The van der Waals surface area contributed by atoms with Gasteiger partial charge in [0, 0.05) is 11.8 Å². The van der Waals surface area contributed by atoms with Crippen LogP contribution in [0.3, 0.4) is 0 Å². The molecule has 220 valence electrons. The summed E-state index contributed by atoms with van der Waals surface area (Å²) in [5.41, 5.74) is 4.87. The van der Waals surface area contributed by atoms with Gasteiger partial charge in [-0.3, -0.25) is 0 Å². The van der Waals surface area contributed by atoms with Gasteiger partial charge in [0.25, 0.3) is 0 Å². The van der Waals surface area contributed by atoms with Crippen molar-refractivity contribution in [2.45, 2.75) is 51.4 Å². The number of carbonyl (C=O) groups is 1. The molecule has 2 atom stereocenters. The van der Waals surface area contributed by atoms with Gasteiger partial charge in [-0.25, -0.2) is 4.79 Å². The van der Waals surface area contributed by atoms with Gasteiger partial charge in [-0.2, -0.15) is 0 Å². The lowest BCUT2D eigenvalue weighted by atomic mass is 9.98. The minimum Gasteiger partial charge on any atom is -0.395 e. The topological polar surface area (TPSA) is 54.0 Å². The zero-order valence-electron chi connectivity index (χ0n) is 24.7. The molecule has 0 aliphatic rings. The fourth-order valence-corrected chi connectivity index (χ4v) is 4.84. The summed E-state index contributed by atoms with van der Waals surface area (Å²) in [4.78, 5) is 12.3. The van der Waals surface area contributed by atoms with Crippen LogP contribution in [0.2, 0.25) is 0 Å². The van der Waals surface area contributed by atoms with Crippen LogP contribution in [-0.2, 0) is 22.3 Å². The first-order chi connectivity index (χ1) is 20.6. The summed E-state index contributed by atoms with van der Waals surface area (Å²) < 4.78 is 22.6. The molecule has 0 aliphatic carbocycles. The summed E-state index contributed by atoms with van der Waals surface area (Å²) in [6, 6.07) is 35.9. The second-order valence-electron chi connectivity index (χ2n) is 10.4. The van der Waals surface area contributed by atoms with Gasteiger partial charge in [0.1, 0.15) is 11.5 Å². The van der Waals surface area contributed by atoms with Gasteiger partial charge in [0.05, 0.1) is 26.4 Å². The molecular formula is C37H42O5. The van der Waals surface area contributed by atoms with Crippen LogP contribution in [0.25, 0.3) is 0 Å². The highest BCUT2D eigenvalue weighted by Gasteiger charge is 2.11. The zero-order chi connectivity index (χ0) is 29.4. The van der Waals surface area contributed by atoms with Crippen LogP contribution in [0.4, 0.5) is 4.79 Å². The Morgan fingerprint density at radius 1 is 0.548 bits per heavy atom. The molecule has 4 aromatic carbocycles. The van der Waals surface area contributed by atoms with E-state index in [0.717, 1.165) is 36.8 Å². The fraction of sp³-hybridized carbons (Fsp3) is 0.324. The Hall–Kier alpha value is -3.93. The molecule has 0 spiro atoms. The van der Waals surface area contributed by atoms with Crippen molar-refractivity contribution in [3.63, 3.8) is 0 Å². The standard InChI is InChI=1S/C37H42O5/c1-3-31(33-11-7-5-8-12-33)27-39-25-23-29-15-19-35(20-16-29)41-37(38)42-36-21-17-30(18-22-36)24-26-40-28-32(4-2)34-13-9-6-10-14-34/h5-22,31-32H,3-4,23-28H2,1-2H3. The van der Waals surface area contributed by atoms with Crippen molar-refractivity contribution in [2.75, 3.05) is 26.4 Å². The number of rotatable bonds is 16. The first-order valence-corrected chi connectivity index (χ1v) is 15.0. The van der Waals surface area contributed by atoms with Gasteiger partial charge < -0.3 is 18.9 Å². The Morgan fingerprint density at radius 3 is 1.29 bits per heavy atom. The van der Waals surface area contributed by atoms with E-state index < -0.39 is 6.16 Å². The molecule has 2 unspecified atom stereocenters. The highest BCUT2D eigenvalue weighted by Crippen LogP contribution is 2.21. The van der Waals surface area contributed by atoms with Crippen molar-refractivity contribution in [3.05, 3.63) is 131 Å². The van der Waals surface area contributed by atoms with Gasteiger partial charge in [-0.15, -0.1) is 0 Å². The van der Waals surface area contributed by atoms with Crippen molar-refractivity contribution in [2.24, 2.45) is 0 Å². The lowest BCUT2D eigenvalue weighted by Crippen LogP contribution is -2.14. The van der Waals surface area contributed by atoms with E-state index in [0.29, 0.717) is 49.8 Å². The molecule has 5 heteroatoms. The Balaban J connectivity index is 1.13. The molecule has 42 heavy (non-hydrogen) atoms. The molecule has 0 saturated carbocycles. The fourth-order valence-electron chi connectivity index (χ4n) is 4.84. The van der Waals surface area contributed by atoms with Gasteiger partial charge >= 0.3 is 6.16 Å². The van der Waals surface area contributed by atoms with Crippen LogP contribution in [0.15, 0.2) is 109 Å². The molecule has 5 nitrogen and oxygen atoms in total. The first kappa shape index (κ1) is 31.0. The molecule has 4 aromatic rings. The molecule has 0 N–H and O–H groups in total. The van der Waals surface area contributed by atoms with Gasteiger partial charge in [0.2, 0.25) is 0 Å². The second-order valence-corrected chi connectivity index (χ2v) is 10.4. The largest absolute Gasteiger partial charge is 0.519 e. The van der Waals surface area contributed by atoms with Crippen LogP contribution in [0.5, 0.6) is 11.5 Å². The molecular weight excluding hydrogens is 524 g/mol. The van der Waals surface area contributed by atoms with Gasteiger partial charge in [0.15, 0.2) is 0 Å². The summed E-state index contributed by atoms with van der Waals surface area (Å²) in [7, 11) is 0. The average Bonchev–Trinajstić information content (AvgIpc) is 3.03. The number of benzene rings is 4. The summed E-state index contributed by atoms with van der Waals surface area (Å²) >= 11 is 0. The lowest BCUT2D eigenvalue weighted by Gasteiger charge is -2.15. The first-order valence-electron chi connectivity index (χ1n) is 15.0. The monoisotopic (exact) mass is 566 g/mol. The molecule has 0 fully saturated rings. The van der Waals surface area contributed by atoms with Gasteiger partial charge in [-0.05, 0) is 72.2 Å².